The summed E-state index contributed by atoms with van der Waals surface area (Å²) in [6.07, 6.45) is 1.22. The number of fused-ring (bicyclic) bond motifs is 2. The maximum absolute atomic E-state index is 12.2. The summed E-state index contributed by atoms with van der Waals surface area (Å²) in [4.78, 5) is 17.0. The lowest BCUT2D eigenvalue weighted by Gasteiger charge is -2.24. The minimum absolute atomic E-state index is 0.00176. The number of hydrogen-bond acceptors (Lipinski definition) is 4. The molecule has 3 heterocycles. The van der Waals surface area contributed by atoms with Gasteiger partial charge in [-0.05, 0) is 90.7 Å². The Morgan fingerprint density at radius 3 is 2.45 bits per heavy atom. The molecule has 7 heteroatoms. The molecule has 0 radical (unpaired) electrons. The van der Waals surface area contributed by atoms with Crippen LogP contribution in [0.1, 0.15) is 57.1 Å². The van der Waals surface area contributed by atoms with Gasteiger partial charge in [0.2, 0.25) is 0 Å². The summed E-state index contributed by atoms with van der Waals surface area (Å²) >= 11 is 7.84. The lowest BCUT2D eigenvalue weighted by molar-refractivity contribution is -0.146. The standard InChI is InChI=1S/C33H35ClN2O3S/c1-32(2,3)17-26-25-16-24(39-20-23-10-13-30-27(35-23)14-15-40-30)11-12-28(25)36(19-21-6-8-22(34)9-7-21)29(26)18-33(4,5)31(37)38/h6-16H,17-20H2,1-5H3,(H,37,38). The molecule has 0 atom stereocenters. The van der Waals surface area contributed by atoms with Gasteiger partial charge in [0.05, 0.1) is 21.3 Å². The van der Waals surface area contributed by atoms with E-state index in [0.717, 1.165) is 50.2 Å². The van der Waals surface area contributed by atoms with Gasteiger partial charge in [-0.25, -0.2) is 4.98 Å². The maximum atomic E-state index is 12.2. The summed E-state index contributed by atoms with van der Waals surface area (Å²) < 4.78 is 9.69. The highest BCUT2D eigenvalue weighted by Gasteiger charge is 2.32. The first-order valence-electron chi connectivity index (χ1n) is 13.5. The van der Waals surface area contributed by atoms with Crippen LogP contribution < -0.4 is 4.74 Å². The van der Waals surface area contributed by atoms with E-state index in [1.54, 1.807) is 25.2 Å². The van der Waals surface area contributed by atoms with E-state index in [4.69, 9.17) is 21.3 Å². The van der Waals surface area contributed by atoms with Crippen LogP contribution in [0.15, 0.2) is 66.0 Å². The Hall–Kier alpha value is -3.35. The Kier molecular flexibility index (Phi) is 7.68. The van der Waals surface area contributed by atoms with E-state index in [-0.39, 0.29) is 5.41 Å². The molecule has 5 aromatic rings. The van der Waals surface area contributed by atoms with Crippen molar-refractivity contribution in [2.75, 3.05) is 0 Å². The van der Waals surface area contributed by atoms with Crippen molar-refractivity contribution in [3.05, 3.63) is 93.6 Å². The molecule has 0 aliphatic rings. The van der Waals surface area contributed by atoms with Crippen LogP contribution in [0.2, 0.25) is 5.02 Å². The van der Waals surface area contributed by atoms with E-state index < -0.39 is 11.4 Å². The number of aromatic nitrogens is 2. The summed E-state index contributed by atoms with van der Waals surface area (Å²) in [6, 6.07) is 20.2. The molecule has 5 nitrogen and oxygen atoms in total. The number of aliphatic carboxylic acids is 1. The molecule has 0 bridgehead atoms. The van der Waals surface area contributed by atoms with Crippen molar-refractivity contribution < 1.29 is 14.6 Å². The second-order valence-electron chi connectivity index (χ2n) is 12.3. The quantitative estimate of drug-likeness (QED) is 0.191. The monoisotopic (exact) mass is 574 g/mol. The van der Waals surface area contributed by atoms with Crippen LogP contribution in [0, 0.1) is 10.8 Å². The Morgan fingerprint density at radius 2 is 1.75 bits per heavy atom. The molecule has 0 spiro atoms. The lowest BCUT2D eigenvalue weighted by Crippen LogP contribution is -2.28. The molecular weight excluding hydrogens is 540 g/mol. The summed E-state index contributed by atoms with van der Waals surface area (Å²) in [7, 11) is 0. The smallest absolute Gasteiger partial charge is 0.309 e. The molecule has 1 N–H and O–H groups in total. The number of benzene rings is 2. The highest BCUT2D eigenvalue weighted by Crippen LogP contribution is 2.38. The molecule has 5 rings (SSSR count). The maximum Gasteiger partial charge on any atom is 0.309 e. The molecule has 0 aliphatic heterocycles. The van der Waals surface area contributed by atoms with Crippen LogP contribution in [0.25, 0.3) is 21.1 Å². The molecule has 2 aromatic carbocycles. The fraction of sp³-hybridized carbons (Fsp3) is 0.333. The number of hydrogen-bond donors (Lipinski definition) is 1. The third-order valence-electron chi connectivity index (χ3n) is 7.16. The van der Waals surface area contributed by atoms with Gasteiger partial charge in [0.25, 0.3) is 0 Å². The molecular formula is C33H35ClN2O3S. The van der Waals surface area contributed by atoms with Crippen LogP contribution in [0.5, 0.6) is 5.75 Å². The van der Waals surface area contributed by atoms with Crippen molar-refractivity contribution in [2.24, 2.45) is 10.8 Å². The second kappa shape index (κ2) is 10.9. The van der Waals surface area contributed by atoms with E-state index in [1.165, 1.54) is 5.56 Å². The number of carboxylic acid groups (broad SMARTS) is 1. The molecule has 0 saturated heterocycles. The molecule has 3 aromatic heterocycles. The lowest BCUT2D eigenvalue weighted by atomic mass is 9.82. The summed E-state index contributed by atoms with van der Waals surface area (Å²) in [6.45, 7) is 11.2. The van der Waals surface area contributed by atoms with Gasteiger partial charge in [-0.15, -0.1) is 11.3 Å². The first-order valence-corrected chi connectivity index (χ1v) is 14.7. The minimum Gasteiger partial charge on any atom is -0.487 e. The number of nitrogens with zero attached hydrogens (tertiary/aromatic N) is 2. The summed E-state index contributed by atoms with van der Waals surface area (Å²) in [5.41, 5.74) is 5.33. The Morgan fingerprint density at radius 1 is 1.00 bits per heavy atom. The first-order chi connectivity index (χ1) is 18.9. The van der Waals surface area contributed by atoms with Gasteiger partial charge in [0, 0.05) is 34.6 Å². The molecule has 0 amide bonds. The number of halogens is 1. The number of thiophene rings is 1. The molecule has 40 heavy (non-hydrogen) atoms. The van der Waals surface area contributed by atoms with Crippen molar-refractivity contribution >= 4 is 50.0 Å². The van der Waals surface area contributed by atoms with Crippen LogP contribution in [0.3, 0.4) is 0 Å². The van der Waals surface area contributed by atoms with E-state index in [9.17, 15) is 9.90 Å². The predicted octanol–water partition coefficient (Wildman–Crippen LogP) is 8.77. The van der Waals surface area contributed by atoms with Crippen molar-refractivity contribution in [2.45, 2.75) is 60.6 Å². The van der Waals surface area contributed by atoms with Crippen LogP contribution >= 0.6 is 22.9 Å². The SMILES string of the molecule is CC(C)(C)Cc1c(CC(C)(C)C(=O)O)n(Cc2ccc(Cl)cc2)c2ccc(OCc3ccc4sccc4n3)cc12. The van der Waals surface area contributed by atoms with E-state index in [1.807, 2.05) is 47.8 Å². The fourth-order valence-corrected chi connectivity index (χ4v) is 5.91. The second-order valence-corrected chi connectivity index (χ2v) is 13.7. The van der Waals surface area contributed by atoms with Crippen molar-refractivity contribution in [1.29, 1.82) is 0 Å². The topological polar surface area (TPSA) is 64.3 Å². The van der Waals surface area contributed by atoms with Crippen LogP contribution in [-0.2, 0) is 30.8 Å². The molecule has 208 valence electrons. The zero-order valence-electron chi connectivity index (χ0n) is 23.6. The van der Waals surface area contributed by atoms with Crippen LogP contribution in [0.4, 0.5) is 0 Å². The highest BCUT2D eigenvalue weighted by atomic mass is 35.5. The number of carbonyl (C=O) groups is 1. The summed E-state index contributed by atoms with van der Waals surface area (Å²) in [5.74, 6) is -0.0424. The van der Waals surface area contributed by atoms with Gasteiger partial charge in [-0.3, -0.25) is 4.79 Å². The Bertz CT molecular complexity index is 1680. The molecule has 0 saturated carbocycles. The highest BCUT2D eigenvalue weighted by molar-refractivity contribution is 7.17. The Balaban J connectivity index is 1.59. The number of rotatable bonds is 9. The van der Waals surface area contributed by atoms with Crippen LogP contribution in [-0.4, -0.2) is 20.6 Å². The van der Waals surface area contributed by atoms with E-state index in [0.29, 0.717) is 24.6 Å². The largest absolute Gasteiger partial charge is 0.487 e. The Labute approximate surface area is 244 Å². The van der Waals surface area contributed by atoms with Gasteiger partial charge in [-0.1, -0.05) is 44.5 Å². The number of pyridine rings is 1. The first kappa shape index (κ1) is 28.2. The number of ether oxygens (including phenoxy) is 1. The zero-order valence-corrected chi connectivity index (χ0v) is 25.2. The fourth-order valence-electron chi connectivity index (χ4n) is 5.06. The van der Waals surface area contributed by atoms with Gasteiger partial charge in [-0.2, -0.15) is 0 Å². The molecule has 0 aliphatic carbocycles. The minimum atomic E-state index is -0.927. The predicted molar refractivity (Wildman–Crippen MR) is 165 cm³/mol. The number of carboxylic acids is 1. The molecule has 0 fully saturated rings. The van der Waals surface area contributed by atoms with Gasteiger partial charge < -0.3 is 14.4 Å². The average molecular weight is 575 g/mol. The molecule has 0 unspecified atom stereocenters. The van der Waals surface area contributed by atoms with E-state index in [2.05, 4.69) is 43.5 Å². The van der Waals surface area contributed by atoms with Crippen molar-refractivity contribution in [3.8, 4) is 5.75 Å². The van der Waals surface area contributed by atoms with Crippen molar-refractivity contribution in [3.63, 3.8) is 0 Å². The summed E-state index contributed by atoms with van der Waals surface area (Å²) in [5, 5.41) is 13.9. The van der Waals surface area contributed by atoms with Gasteiger partial charge in [0.1, 0.15) is 12.4 Å². The normalized spacial score (nSPS) is 12.3. The zero-order chi connectivity index (χ0) is 28.7. The third-order valence-corrected chi connectivity index (χ3v) is 8.28. The van der Waals surface area contributed by atoms with Gasteiger partial charge >= 0.3 is 5.97 Å². The van der Waals surface area contributed by atoms with E-state index >= 15 is 0 Å². The average Bonchev–Trinajstić information content (AvgIpc) is 3.46. The van der Waals surface area contributed by atoms with Crippen molar-refractivity contribution in [1.82, 2.24) is 9.55 Å². The van der Waals surface area contributed by atoms with Gasteiger partial charge in [0.15, 0.2) is 0 Å². The third kappa shape index (κ3) is 6.18.